The molecular formula is C14H23NO4. The molecule has 0 amide bonds. The molecule has 0 bridgehead atoms. The Morgan fingerprint density at radius 2 is 1.89 bits per heavy atom. The quantitative estimate of drug-likeness (QED) is 0.521. The van der Waals surface area contributed by atoms with Gasteiger partial charge in [-0.3, -0.25) is 4.84 Å². The SMILES string of the molecule is COCCONCC(O)COc1c(C)cccc1C. The number of aliphatic hydroxyl groups is 1. The van der Waals surface area contributed by atoms with Crippen LogP contribution in [0.1, 0.15) is 11.1 Å². The molecule has 0 aliphatic carbocycles. The van der Waals surface area contributed by atoms with E-state index in [9.17, 15) is 5.11 Å². The molecule has 1 aromatic rings. The first-order valence-corrected chi connectivity index (χ1v) is 6.35. The Kier molecular flexibility index (Phi) is 7.43. The minimum absolute atomic E-state index is 0.229. The van der Waals surface area contributed by atoms with Gasteiger partial charge in [-0.25, -0.2) is 0 Å². The van der Waals surface area contributed by atoms with Gasteiger partial charge in [0.2, 0.25) is 0 Å². The molecule has 0 aliphatic heterocycles. The van der Waals surface area contributed by atoms with Crippen LogP contribution in [0.4, 0.5) is 0 Å². The van der Waals surface area contributed by atoms with Gasteiger partial charge < -0.3 is 14.6 Å². The summed E-state index contributed by atoms with van der Waals surface area (Å²) < 4.78 is 10.5. The summed E-state index contributed by atoms with van der Waals surface area (Å²) >= 11 is 0. The molecule has 1 unspecified atom stereocenters. The molecule has 0 aromatic heterocycles. The van der Waals surface area contributed by atoms with Gasteiger partial charge in [-0.1, -0.05) is 18.2 Å². The summed E-state index contributed by atoms with van der Waals surface area (Å²) in [4.78, 5) is 5.05. The highest BCUT2D eigenvalue weighted by atomic mass is 16.7. The molecule has 0 aliphatic rings. The molecule has 1 aromatic carbocycles. The van der Waals surface area contributed by atoms with E-state index in [4.69, 9.17) is 14.3 Å². The molecule has 0 spiro atoms. The second-order valence-corrected chi connectivity index (χ2v) is 4.38. The third-order valence-electron chi connectivity index (χ3n) is 2.64. The van der Waals surface area contributed by atoms with E-state index in [1.165, 1.54) is 0 Å². The molecule has 108 valence electrons. The van der Waals surface area contributed by atoms with E-state index in [1.807, 2.05) is 32.0 Å². The lowest BCUT2D eigenvalue weighted by Gasteiger charge is -2.16. The van der Waals surface area contributed by atoms with Crippen LogP contribution in [0.5, 0.6) is 5.75 Å². The number of rotatable bonds is 9. The van der Waals surface area contributed by atoms with Crippen molar-refractivity contribution in [2.45, 2.75) is 20.0 Å². The number of hydrogen-bond donors (Lipinski definition) is 2. The summed E-state index contributed by atoms with van der Waals surface area (Å²) in [6, 6.07) is 5.96. The monoisotopic (exact) mass is 269 g/mol. The number of nitrogens with one attached hydrogen (secondary N) is 1. The van der Waals surface area contributed by atoms with Crippen molar-refractivity contribution in [1.29, 1.82) is 0 Å². The highest BCUT2D eigenvalue weighted by Gasteiger charge is 2.08. The number of aliphatic hydroxyl groups excluding tert-OH is 1. The molecule has 19 heavy (non-hydrogen) atoms. The molecule has 0 radical (unpaired) electrons. The fourth-order valence-corrected chi connectivity index (χ4v) is 1.62. The van der Waals surface area contributed by atoms with E-state index in [0.29, 0.717) is 19.8 Å². The summed E-state index contributed by atoms with van der Waals surface area (Å²) in [5.74, 6) is 0.835. The fraction of sp³-hybridized carbons (Fsp3) is 0.571. The van der Waals surface area contributed by atoms with Gasteiger partial charge in [-0.2, -0.15) is 5.48 Å². The Labute approximate surface area is 114 Å². The smallest absolute Gasteiger partial charge is 0.125 e. The van der Waals surface area contributed by atoms with Crippen molar-refractivity contribution in [1.82, 2.24) is 5.48 Å². The fourth-order valence-electron chi connectivity index (χ4n) is 1.62. The van der Waals surface area contributed by atoms with Gasteiger partial charge in [-0.05, 0) is 25.0 Å². The molecule has 1 rings (SSSR count). The largest absolute Gasteiger partial charge is 0.490 e. The summed E-state index contributed by atoms with van der Waals surface area (Å²) in [6.45, 7) is 5.48. The third-order valence-corrected chi connectivity index (χ3v) is 2.64. The predicted octanol–water partition coefficient (Wildman–Crippen LogP) is 1.21. The third kappa shape index (κ3) is 6.02. The van der Waals surface area contributed by atoms with Gasteiger partial charge >= 0.3 is 0 Å². The van der Waals surface area contributed by atoms with Gasteiger partial charge in [0.25, 0.3) is 0 Å². The van der Waals surface area contributed by atoms with Crippen LogP contribution >= 0.6 is 0 Å². The Morgan fingerprint density at radius 3 is 2.53 bits per heavy atom. The second kappa shape index (κ2) is 8.87. The van der Waals surface area contributed by atoms with Crippen LogP contribution in [0.3, 0.4) is 0 Å². The van der Waals surface area contributed by atoms with Crippen LogP contribution in [-0.4, -0.2) is 44.7 Å². The van der Waals surface area contributed by atoms with Crippen LogP contribution in [0, 0.1) is 13.8 Å². The highest BCUT2D eigenvalue weighted by Crippen LogP contribution is 2.22. The lowest BCUT2D eigenvalue weighted by Crippen LogP contribution is -2.32. The standard InChI is InChI=1S/C14H23NO4/c1-11-5-4-6-12(2)14(11)18-10-13(16)9-15-19-8-7-17-3/h4-6,13,15-16H,7-10H2,1-3H3. The van der Waals surface area contributed by atoms with Gasteiger partial charge in [0.15, 0.2) is 0 Å². The number of ether oxygens (including phenoxy) is 2. The summed E-state index contributed by atoms with van der Waals surface area (Å²) in [7, 11) is 1.61. The highest BCUT2D eigenvalue weighted by molar-refractivity contribution is 5.39. The molecular weight excluding hydrogens is 246 g/mol. The first-order chi connectivity index (χ1) is 9.15. The number of hydroxylamine groups is 1. The van der Waals surface area contributed by atoms with Crippen LogP contribution in [-0.2, 0) is 9.57 Å². The Morgan fingerprint density at radius 1 is 1.21 bits per heavy atom. The van der Waals surface area contributed by atoms with E-state index in [-0.39, 0.29) is 6.61 Å². The average molecular weight is 269 g/mol. The number of methoxy groups -OCH3 is 1. The zero-order valence-corrected chi connectivity index (χ0v) is 11.8. The van der Waals surface area contributed by atoms with Gasteiger partial charge in [0, 0.05) is 7.11 Å². The van der Waals surface area contributed by atoms with Gasteiger partial charge in [-0.15, -0.1) is 0 Å². The number of hydrogen-bond acceptors (Lipinski definition) is 5. The van der Waals surface area contributed by atoms with E-state index in [0.717, 1.165) is 16.9 Å². The van der Waals surface area contributed by atoms with Crippen molar-refractivity contribution in [3.63, 3.8) is 0 Å². The minimum Gasteiger partial charge on any atom is -0.490 e. The maximum atomic E-state index is 9.75. The second-order valence-electron chi connectivity index (χ2n) is 4.38. The molecule has 2 N–H and O–H groups in total. The van der Waals surface area contributed by atoms with E-state index >= 15 is 0 Å². The van der Waals surface area contributed by atoms with E-state index in [1.54, 1.807) is 7.11 Å². The maximum Gasteiger partial charge on any atom is 0.125 e. The molecule has 0 saturated carbocycles. The van der Waals surface area contributed by atoms with Crippen LogP contribution < -0.4 is 10.2 Å². The zero-order valence-electron chi connectivity index (χ0n) is 11.8. The molecule has 0 saturated heterocycles. The summed E-state index contributed by atoms with van der Waals surface area (Å²) in [5.41, 5.74) is 4.81. The van der Waals surface area contributed by atoms with E-state index in [2.05, 4.69) is 5.48 Å². The van der Waals surface area contributed by atoms with Crippen molar-refractivity contribution < 1.29 is 19.4 Å². The van der Waals surface area contributed by atoms with Crippen LogP contribution in [0.25, 0.3) is 0 Å². The number of benzene rings is 1. The lowest BCUT2D eigenvalue weighted by molar-refractivity contribution is -0.0173. The Balaban J connectivity index is 2.24. The van der Waals surface area contributed by atoms with Crippen LogP contribution in [0.15, 0.2) is 18.2 Å². The number of para-hydroxylation sites is 1. The zero-order chi connectivity index (χ0) is 14.1. The predicted molar refractivity (Wildman–Crippen MR) is 73.2 cm³/mol. The Bertz CT molecular complexity index is 350. The average Bonchev–Trinajstić information content (AvgIpc) is 2.38. The molecule has 5 nitrogen and oxygen atoms in total. The van der Waals surface area contributed by atoms with Crippen molar-refractivity contribution in [2.75, 3.05) is 33.5 Å². The first-order valence-electron chi connectivity index (χ1n) is 6.35. The van der Waals surface area contributed by atoms with Crippen molar-refractivity contribution in [2.24, 2.45) is 0 Å². The van der Waals surface area contributed by atoms with Crippen molar-refractivity contribution >= 4 is 0 Å². The molecule has 0 fully saturated rings. The molecule has 0 heterocycles. The molecule has 1 atom stereocenters. The normalized spacial score (nSPS) is 12.4. The van der Waals surface area contributed by atoms with Gasteiger partial charge in [0.1, 0.15) is 18.5 Å². The van der Waals surface area contributed by atoms with Gasteiger partial charge in [0.05, 0.1) is 19.8 Å². The summed E-state index contributed by atoms with van der Waals surface area (Å²) in [6.07, 6.45) is -0.624. The van der Waals surface area contributed by atoms with Crippen molar-refractivity contribution in [3.8, 4) is 5.75 Å². The van der Waals surface area contributed by atoms with Crippen LogP contribution in [0.2, 0.25) is 0 Å². The van der Waals surface area contributed by atoms with Crippen molar-refractivity contribution in [3.05, 3.63) is 29.3 Å². The minimum atomic E-state index is -0.624. The summed E-state index contributed by atoms with van der Waals surface area (Å²) in [5, 5.41) is 9.75. The lowest BCUT2D eigenvalue weighted by atomic mass is 10.1. The Hall–Kier alpha value is -1.14. The number of aryl methyl sites for hydroxylation is 2. The topological polar surface area (TPSA) is 60.0 Å². The van der Waals surface area contributed by atoms with E-state index < -0.39 is 6.10 Å². The molecule has 5 heteroatoms. The maximum absolute atomic E-state index is 9.75. The first kappa shape index (κ1) is 15.9.